The predicted octanol–water partition coefficient (Wildman–Crippen LogP) is 3.70. The van der Waals surface area contributed by atoms with Gasteiger partial charge in [0.15, 0.2) is 0 Å². The Morgan fingerprint density at radius 2 is 2.05 bits per heavy atom. The van der Waals surface area contributed by atoms with E-state index in [1.165, 1.54) is 18.4 Å². The molecule has 2 heterocycles. The van der Waals surface area contributed by atoms with Crippen LogP contribution in [0.25, 0.3) is 0 Å². The van der Waals surface area contributed by atoms with E-state index in [2.05, 4.69) is 28.1 Å². The molecule has 21 heavy (non-hydrogen) atoms. The summed E-state index contributed by atoms with van der Waals surface area (Å²) in [5, 5.41) is 0.801. The van der Waals surface area contributed by atoms with Crippen LogP contribution in [0.2, 0.25) is 5.02 Å². The van der Waals surface area contributed by atoms with E-state index < -0.39 is 0 Å². The third-order valence-corrected chi connectivity index (χ3v) is 4.42. The van der Waals surface area contributed by atoms with E-state index >= 15 is 0 Å². The lowest BCUT2D eigenvalue weighted by atomic mass is 9.90. The number of piperidine rings is 1. The van der Waals surface area contributed by atoms with Crippen LogP contribution in [0.1, 0.15) is 29.9 Å². The van der Waals surface area contributed by atoms with Gasteiger partial charge in [-0.3, -0.25) is 4.90 Å². The molecule has 0 unspecified atom stereocenters. The topological polar surface area (TPSA) is 42.1 Å². The Kier molecular flexibility index (Phi) is 4.42. The average Bonchev–Trinajstić information content (AvgIpc) is 2.51. The normalized spacial score (nSPS) is 19.6. The standard InChI is InChI=1S/C17H20ClN3/c18-16-7-5-13(6-8-16)14-4-2-10-21(11-14)12-15-3-1-9-20-17(15)19/h1,3,5-9,14H,2,4,10-12H2,(H2,19,20)/t14-/m0/s1. The van der Waals surface area contributed by atoms with Crippen LogP contribution in [-0.4, -0.2) is 23.0 Å². The van der Waals surface area contributed by atoms with Crippen LogP contribution in [0.5, 0.6) is 0 Å². The summed E-state index contributed by atoms with van der Waals surface area (Å²) in [5.74, 6) is 1.22. The summed E-state index contributed by atoms with van der Waals surface area (Å²) in [4.78, 5) is 6.64. The first-order chi connectivity index (χ1) is 10.2. The molecule has 2 N–H and O–H groups in total. The summed E-state index contributed by atoms with van der Waals surface area (Å²) in [7, 11) is 0. The first-order valence-electron chi connectivity index (χ1n) is 7.39. The molecule has 1 aliphatic heterocycles. The van der Waals surface area contributed by atoms with E-state index in [1.54, 1.807) is 6.20 Å². The quantitative estimate of drug-likeness (QED) is 0.940. The maximum atomic E-state index is 5.97. The number of hydrogen-bond acceptors (Lipinski definition) is 3. The van der Waals surface area contributed by atoms with Crippen LogP contribution in [0.3, 0.4) is 0 Å². The molecule has 1 aliphatic rings. The third-order valence-electron chi connectivity index (χ3n) is 4.17. The molecule has 3 rings (SSSR count). The van der Waals surface area contributed by atoms with Gasteiger partial charge in [-0.2, -0.15) is 0 Å². The van der Waals surface area contributed by atoms with Crippen molar-refractivity contribution >= 4 is 17.4 Å². The van der Waals surface area contributed by atoms with Crippen molar-refractivity contribution < 1.29 is 0 Å². The van der Waals surface area contributed by atoms with Crippen molar-refractivity contribution in [3.8, 4) is 0 Å². The molecule has 3 nitrogen and oxygen atoms in total. The van der Waals surface area contributed by atoms with E-state index in [0.717, 1.165) is 30.2 Å². The van der Waals surface area contributed by atoms with Gasteiger partial charge in [-0.1, -0.05) is 29.8 Å². The number of anilines is 1. The van der Waals surface area contributed by atoms with Gasteiger partial charge >= 0.3 is 0 Å². The van der Waals surface area contributed by atoms with Gasteiger partial charge in [0.25, 0.3) is 0 Å². The maximum absolute atomic E-state index is 5.97. The van der Waals surface area contributed by atoms with Crippen molar-refractivity contribution in [2.45, 2.75) is 25.3 Å². The third kappa shape index (κ3) is 3.55. The van der Waals surface area contributed by atoms with Gasteiger partial charge in [0, 0.05) is 29.9 Å². The number of nitrogens with two attached hydrogens (primary N) is 1. The Morgan fingerprint density at radius 1 is 1.24 bits per heavy atom. The van der Waals surface area contributed by atoms with Crippen molar-refractivity contribution in [2.24, 2.45) is 0 Å². The van der Waals surface area contributed by atoms with Gasteiger partial charge < -0.3 is 5.73 Å². The lowest BCUT2D eigenvalue weighted by molar-refractivity contribution is 0.200. The molecule has 2 aromatic rings. The van der Waals surface area contributed by atoms with Crippen LogP contribution in [0.15, 0.2) is 42.6 Å². The number of benzene rings is 1. The minimum atomic E-state index is 0.578. The van der Waals surface area contributed by atoms with Gasteiger partial charge in [0.1, 0.15) is 5.82 Å². The number of halogens is 1. The molecule has 1 aromatic carbocycles. The molecule has 4 heteroatoms. The molecule has 1 fully saturated rings. The summed E-state index contributed by atoms with van der Waals surface area (Å²) in [6, 6.07) is 12.3. The average molecular weight is 302 g/mol. The first-order valence-corrected chi connectivity index (χ1v) is 7.77. The number of nitrogen functional groups attached to an aromatic ring is 1. The second kappa shape index (κ2) is 6.46. The number of hydrogen-bond donors (Lipinski definition) is 1. The Bertz CT molecular complexity index is 597. The number of pyridine rings is 1. The molecule has 0 spiro atoms. The Labute approximate surface area is 130 Å². The Hall–Kier alpha value is -1.58. The second-order valence-corrected chi connectivity index (χ2v) is 6.11. The smallest absolute Gasteiger partial charge is 0.127 e. The molecule has 0 bridgehead atoms. The first kappa shape index (κ1) is 14.4. The Balaban J connectivity index is 1.68. The van der Waals surface area contributed by atoms with E-state index in [-0.39, 0.29) is 0 Å². The van der Waals surface area contributed by atoms with E-state index in [9.17, 15) is 0 Å². The molecule has 0 saturated carbocycles. The lowest BCUT2D eigenvalue weighted by Crippen LogP contribution is -2.34. The van der Waals surface area contributed by atoms with Crippen LogP contribution in [0, 0.1) is 0 Å². The number of likely N-dealkylation sites (tertiary alicyclic amines) is 1. The number of nitrogens with zero attached hydrogens (tertiary/aromatic N) is 2. The zero-order valence-corrected chi connectivity index (χ0v) is 12.8. The zero-order chi connectivity index (χ0) is 14.7. The summed E-state index contributed by atoms with van der Waals surface area (Å²) in [5.41, 5.74) is 8.45. The summed E-state index contributed by atoms with van der Waals surface area (Å²) >= 11 is 5.97. The highest BCUT2D eigenvalue weighted by Gasteiger charge is 2.21. The zero-order valence-electron chi connectivity index (χ0n) is 12.0. The number of rotatable bonds is 3. The molecular weight excluding hydrogens is 282 g/mol. The summed E-state index contributed by atoms with van der Waals surface area (Å²) in [6.45, 7) is 3.07. The molecule has 1 atom stereocenters. The van der Waals surface area contributed by atoms with Crippen LogP contribution in [0.4, 0.5) is 5.82 Å². The minimum absolute atomic E-state index is 0.578. The van der Waals surface area contributed by atoms with Gasteiger partial charge in [0.2, 0.25) is 0 Å². The highest BCUT2D eigenvalue weighted by atomic mass is 35.5. The highest BCUT2D eigenvalue weighted by molar-refractivity contribution is 6.30. The van der Waals surface area contributed by atoms with E-state index in [4.69, 9.17) is 17.3 Å². The largest absolute Gasteiger partial charge is 0.383 e. The molecule has 1 aromatic heterocycles. The highest BCUT2D eigenvalue weighted by Crippen LogP contribution is 2.28. The molecule has 1 saturated heterocycles. The van der Waals surface area contributed by atoms with Crippen molar-refractivity contribution in [3.05, 3.63) is 58.7 Å². The molecule has 0 amide bonds. The molecule has 0 radical (unpaired) electrons. The SMILES string of the molecule is Nc1ncccc1CN1CCC[C@H](c2ccc(Cl)cc2)C1. The maximum Gasteiger partial charge on any atom is 0.127 e. The van der Waals surface area contributed by atoms with Crippen molar-refractivity contribution in [2.75, 3.05) is 18.8 Å². The van der Waals surface area contributed by atoms with Gasteiger partial charge in [-0.15, -0.1) is 0 Å². The second-order valence-electron chi connectivity index (χ2n) is 5.67. The van der Waals surface area contributed by atoms with Gasteiger partial charge in [0.05, 0.1) is 0 Å². The molecule has 110 valence electrons. The minimum Gasteiger partial charge on any atom is -0.383 e. The van der Waals surface area contributed by atoms with Crippen LogP contribution >= 0.6 is 11.6 Å². The van der Waals surface area contributed by atoms with Crippen molar-refractivity contribution in [1.82, 2.24) is 9.88 Å². The lowest BCUT2D eigenvalue weighted by Gasteiger charge is -2.33. The van der Waals surface area contributed by atoms with Crippen LogP contribution in [-0.2, 0) is 6.54 Å². The predicted molar refractivity (Wildman–Crippen MR) is 87.4 cm³/mol. The summed E-state index contributed by atoms with van der Waals surface area (Å²) < 4.78 is 0. The van der Waals surface area contributed by atoms with Crippen molar-refractivity contribution in [1.29, 1.82) is 0 Å². The summed E-state index contributed by atoms with van der Waals surface area (Å²) in [6.07, 6.45) is 4.19. The Morgan fingerprint density at radius 3 is 2.81 bits per heavy atom. The van der Waals surface area contributed by atoms with Gasteiger partial charge in [-0.25, -0.2) is 4.98 Å². The molecular formula is C17H20ClN3. The monoisotopic (exact) mass is 301 g/mol. The van der Waals surface area contributed by atoms with E-state index in [0.29, 0.717) is 11.7 Å². The molecule has 0 aliphatic carbocycles. The number of aromatic nitrogens is 1. The van der Waals surface area contributed by atoms with E-state index in [1.807, 2.05) is 18.2 Å². The fourth-order valence-electron chi connectivity index (χ4n) is 3.03. The fourth-order valence-corrected chi connectivity index (χ4v) is 3.16. The van der Waals surface area contributed by atoms with Crippen molar-refractivity contribution in [3.63, 3.8) is 0 Å². The van der Waals surface area contributed by atoms with Gasteiger partial charge in [-0.05, 0) is 49.1 Å². The van der Waals surface area contributed by atoms with Crippen LogP contribution < -0.4 is 5.73 Å². The fraction of sp³-hybridized carbons (Fsp3) is 0.353.